The van der Waals surface area contributed by atoms with Crippen molar-refractivity contribution in [3.05, 3.63) is 21.4 Å². The van der Waals surface area contributed by atoms with E-state index in [2.05, 4.69) is 37.5 Å². The van der Waals surface area contributed by atoms with Gasteiger partial charge in [-0.1, -0.05) is 0 Å². The fourth-order valence-corrected chi connectivity index (χ4v) is 4.15. The first-order chi connectivity index (χ1) is 9.98. The molecule has 1 unspecified atom stereocenters. The summed E-state index contributed by atoms with van der Waals surface area (Å²) in [6, 6.07) is 2.22. The Morgan fingerprint density at radius 1 is 1.48 bits per heavy atom. The highest BCUT2D eigenvalue weighted by Crippen LogP contribution is 2.32. The number of nitrogens with one attached hydrogen (secondary N) is 2. The van der Waals surface area contributed by atoms with Crippen LogP contribution in [0, 0.1) is 19.3 Å². The van der Waals surface area contributed by atoms with Gasteiger partial charge in [0, 0.05) is 16.9 Å². The normalized spacial score (nSPS) is 19.2. The minimum atomic E-state index is -0.382. The van der Waals surface area contributed by atoms with Crippen molar-refractivity contribution in [1.29, 1.82) is 0 Å². The molecule has 0 radical (unpaired) electrons. The Morgan fingerprint density at radius 2 is 2.14 bits per heavy atom. The van der Waals surface area contributed by atoms with Crippen LogP contribution in [0.15, 0.2) is 6.07 Å². The first-order valence-electron chi connectivity index (χ1n) is 7.56. The molecule has 1 aromatic heterocycles. The van der Waals surface area contributed by atoms with Crippen LogP contribution in [0.1, 0.15) is 41.1 Å². The number of methoxy groups -OCH3 is 1. The van der Waals surface area contributed by atoms with Gasteiger partial charge in [0.15, 0.2) is 0 Å². The third-order valence-electron chi connectivity index (χ3n) is 4.36. The van der Waals surface area contributed by atoms with Crippen molar-refractivity contribution in [3.63, 3.8) is 0 Å². The molecule has 4 nitrogen and oxygen atoms in total. The van der Waals surface area contributed by atoms with Crippen LogP contribution in [0.3, 0.4) is 0 Å². The lowest BCUT2D eigenvalue weighted by Crippen LogP contribution is -2.50. The summed E-state index contributed by atoms with van der Waals surface area (Å²) in [7, 11) is 1.67. The molecule has 0 aromatic carbocycles. The molecule has 21 heavy (non-hydrogen) atoms. The largest absolute Gasteiger partial charge is 0.384 e. The van der Waals surface area contributed by atoms with E-state index in [1.807, 2.05) is 0 Å². The van der Waals surface area contributed by atoms with E-state index in [9.17, 15) is 4.79 Å². The molecular weight excluding hydrogens is 284 g/mol. The van der Waals surface area contributed by atoms with Gasteiger partial charge in [-0.25, -0.2) is 0 Å². The molecule has 0 spiro atoms. The zero-order valence-electron chi connectivity index (χ0n) is 13.4. The number of rotatable bonds is 5. The van der Waals surface area contributed by atoms with Crippen molar-refractivity contribution < 1.29 is 9.53 Å². The van der Waals surface area contributed by atoms with E-state index in [0.717, 1.165) is 25.9 Å². The third kappa shape index (κ3) is 3.65. The van der Waals surface area contributed by atoms with Crippen molar-refractivity contribution >= 4 is 17.2 Å². The number of hydrogen-bond donors (Lipinski definition) is 2. The summed E-state index contributed by atoms with van der Waals surface area (Å²) in [6.07, 6.45) is 1.67. The lowest BCUT2D eigenvalue weighted by atomic mass is 9.78. The Bertz CT molecular complexity index is 487. The van der Waals surface area contributed by atoms with Gasteiger partial charge in [-0.3, -0.25) is 4.79 Å². The van der Waals surface area contributed by atoms with Gasteiger partial charge in [0.05, 0.1) is 18.1 Å². The smallest absolute Gasteiger partial charge is 0.229 e. The maximum Gasteiger partial charge on any atom is 0.229 e. The van der Waals surface area contributed by atoms with Crippen LogP contribution in [0.2, 0.25) is 0 Å². The molecule has 2 heterocycles. The maximum absolute atomic E-state index is 12.8. The maximum atomic E-state index is 12.8. The molecule has 1 atom stereocenters. The minimum absolute atomic E-state index is 0.0473. The molecule has 1 fully saturated rings. The van der Waals surface area contributed by atoms with Crippen LogP contribution in [0.5, 0.6) is 0 Å². The number of thiophene rings is 1. The Hall–Kier alpha value is -0.910. The summed E-state index contributed by atoms with van der Waals surface area (Å²) in [5, 5.41) is 6.52. The molecule has 0 aliphatic carbocycles. The van der Waals surface area contributed by atoms with Crippen LogP contribution < -0.4 is 10.6 Å². The average Bonchev–Trinajstić information content (AvgIpc) is 2.79. The van der Waals surface area contributed by atoms with E-state index >= 15 is 0 Å². The summed E-state index contributed by atoms with van der Waals surface area (Å²) in [4.78, 5) is 15.4. The fourth-order valence-electron chi connectivity index (χ4n) is 3.13. The van der Waals surface area contributed by atoms with Gasteiger partial charge in [0.2, 0.25) is 5.91 Å². The lowest BCUT2D eigenvalue weighted by Gasteiger charge is -2.36. The molecule has 5 heteroatoms. The number of piperidine rings is 1. The monoisotopic (exact) mass is 310 g/mol. The zero-order chi connectivity index (χ0) is 15.5. The lowest BCUT2D eigenvalue weighted by molar-refractivity contribution is -0.136. The van der Waals surface area contributed by atoms with Crippen LogP contribution in [-0.2, 0) is 9.53 Å². The van der Waals surface area contributed by atoms with Crippen molar-refractivity contribution in [1.82, 2.24) is 10.6 Å². The molecule has 0 bridgehead atoms. The van der Waals surface area contributed by atoms with Gasteiger partial charge in [-0.15, -0.1) is 11.3 Å². The molecule has 1 saturated heterocycles. The molecule has 1 amide bonds. The summed E-state index contributed by atoms with van der Waals surface area (Å²) in [6.45, 7) is 8.53. The molecule has 1 aliphatic heterocycles. The quantitative estimate of drug-likeness (QED) is 0.879. The molecule has 0 saturated carbocycles. The second-order valence-corrected chi connectivity index (χ2v) is 7.49. The minimum Gasteiger partial charge on any atom is -0.384 e. The van der Waals surface area contributed by atoms with Crippen molar-refractivity contribution in [2.24, 2.45) is 5.41 Å². The third-order valence-corrected chi connectivity index (χ3v) is 5.34. The summed E-state index contributed by atoms with van der Waals surface area (Å²) in [5.74, 6) is 0.126. The van der Waals surface area contributed by atoms with Gasteiger partial charge in [-0.05, 0) is 58.3 Å². The molecule has 1 aromatic rings. The molecule has 1 aliphatic rings. The Morgan fingerprint density at radius 3 is 2.67 bits per heavy atom. The van der Waals surface area contributed by atoms with Gasteiger partial charge < -0.3 is 15.4 Å². The standard InChI is InChI=1S/C16H26N2O2S/c1-11-9-14(13(3)21-11)12(2)18-15(19)16(10-20-4)5-7-17-8-6-16/h9,12,17H,5-8,10H2,1-4H3,(H,18,19). The Balaban J connectivity index is 2.09. The van der Waals surface area contributed by atoms with Gasteiger partial charge >= 0.3 is 0 Å². The van der Waals surface area contributed by atoms with Crippen LogP contribution in [0.25, 0.3) is 0 Å². The predicted molar refractivity (Wildman–Crippen MR) is 86.8 cm³/mol. The van der Waals surface area contributed by atoms with E-state index in [1.165, 1.54) is 15.3 Å². The predicted octanol–water partition coefficient (Wildman–Crippen LogP) is 2.56. The number of ether oxygens (including phenoxy) is 1. The Kier molecular flexibility index (Phi) is 5.41. The summed E-state index contributed by atoms with van der Waals surface area (Å²) in [5.41, 5.74) is 0.847. The summed E-state index contributed by atoms with van der Waals surface area (Å²) >= 11 is 1.78. The number of aryl methyl sites for hydroxylation is 2. The SMILES string of the molecule is COCC1(C(=O)NC(C)c2cc(C)sc2C)CCNCC1. The molecular formula is C16H26N2O2S. The number of carbonyl (C=O) groups is 1. The van der Waals surface area contributed by atoms with E-state index < -0.39 is 0 Å². The van der Waals surface area contributed by atoms with Gasteiger partial charge in [0.25, 0.3) is 0 Å². The number of hydrogen-bond acceptors (Lipinski definition) is 4. The van der Waals surface area contributed by atoms with Crippen LogP contribution >= 0.6 is 11.3 Å². The van der Waals surface area contributed by atoms with E-state index in [1.54, 1.807) is 18.4 Å². The number of amides is 1. The first kappa shape index (κ1) is 16.5. The van der Waals surface area contributed by atoms with E-state index in [-0.39, 0.29) is 17.4 Å². The van der Waals surface area contributed by atoms with Crippen LogP contribution in [-0.4, -0.2) is 32.7 Å². The zero-order valence-corrected chi connectivity index (χ0v) is 14.2. The van der Waals surface area contributed by atoms with Crippen molar-refractivity contribution in [3.8, 4) is 0 Å². The molecule has 2 rings (SSSR count). The average molecular weight is 310 g/mol. The van der Waals surface area contributed by atoms with Crippen LogP contribution in [0.4, 0.5) is 0 Å². The Labute approximate surface area is 131 Å². The molecule has 2 N–H and O–H groups in total. The second kappa shape index (κ2) is 6.90. The summed E-state index contributed by atoms with van der Waals surface area (Å²) < 4.78 is 5.33. The number of carbonyl (C=O) groups excluding carboxylic acids is 1. The fraction of sp³-hybridized carbons (Fsp3) is 0.688. The second-order valence-electron chi connectivity index (χ2n) is 6.03. The molecule has 118 valence electrons. The highest BCUT2D eigenvalue weighted by molar-refractivity contribution is 7.12. The topological polar surface area (TPSA) is 50.4 Å². The van der Waals surface area contributed by atoms with Crippen molar-refractivity contribution in [2.75, 3.05) is 26.8 Å². The van der Waals surface area contributed by atoms with Gasteiger partial charge in [0.1, 0.15) is 0 Å². The highest BCUT2D eigenvalue weighted by Gasteiger charge is 2.40. The van der Waals surface area contributed by atoms with Crippen molar-refractivity contribution in [2.45, 2.75) is 39.7 Å². The highest BCUT2D eigenvalue weighted by atomic mass is 32.1. The van der Waals surface area contributed by atoms with E-state index in [4.69, 9.17) is 4.74 Å². The first-order valence-corrected chi connectivity index (χ1v) is 8.38. The van der Waals surface area contributed by atoms with Gasteiger partial charge in [-0.2, -0.15) is 0 Å². The van der Waals surface area contributed by atoms with E-state index in [0.29, 0.717) is 6.61 Å².